The van der Waals surface area contributed by atoms with E-state index in [1.165, 1.54) is 6.07 Å². The number of halogens is 4. The van der Waals surface area contributed by atoms with Gasteiger partial charge in [-0.25, -0.2) is 0 Å². The molecule has 1 saturated carbocycles. The van der Waals surface area contributed by atoms with E-state index < -0.39 is 11.7 Å². The van der Waals surface area contributed by atoms with E-state index in [0.717, 1.165) is 30.5 Å². The fourth-order valence-corrected chi connectivity index (χ4v) is 4.54. The molecule has 1 fully saturated rings. The maximum absolute atomic E-state index is 12.9. The molecule has 0 amide bonds. The van der Waals surface area contributed by atoms with Crippen molar-refractivity contribution in [2.24, 2.45) is 11.8 Å². The van der Waals surface area contributed by atoms with Crippen LogP contribution in [0.15, 0.2) is 42.2 Å². The standard InChI is InChI=1S/C23H20ClF3O3/c1-2-12-5-7-16(30-19-8-6-15(10-18(19)24)23(25,26)27)11-17(12)20-21(28)13-3-4-14(9-13)22(20)29/h5-8,10-11,13-14,28H,2-4,9H2,1H3/t13-,14-/m1/s1. The summed E-state index contributed by atoms with van der Waals surface area (Å²) in [6.45, 7) is 1.95. The Morgan fingerprint density at radius 1 is 1.13 bits per heavy atom. The van der Waals surface area contributed by atoms with Crippen LogP contribution in [-0.4, -0.2) is 10.9 Å². The Bertz CT molecular complexity index is 1040. The number of carbonyl (C=O) groups excluding carboxylic acids is 1. The summed E-state index contributed by atoms with van der Waals surface area (Å²) in [5.41, 5.74) is 0.976. The van der Waals surface area contributed by atoms with Gasteiger partial charge >= 0.3 is 6.18 Å². The van der Waals surface area contributed by atoms with Gasteiger partial charge in [-0.1, -0.05) is 24.6 Å². The molecule has 0 spiro atoms. The number of aliphatic hydroxyl groups excluding tert-OH is 1. The zero-order valence-electron chi connectivity index (χ0n) is 16.2. The van der Waals surface area contributed by atoms with E-state index in [1.807, 2.05) is 6.92 Å². The number of aliphatic hydroxyl groups is 1. The zero-order valence-corrected chi connectivity index (χ0v) is 17.0. The maximum atomic E-state index is 12.9. The average Bonchev–Trinajstić information content (AvgIpc) is 3.15. The summed E-state index contributed by atoms with van der Waals surface area (Å²) in [4.78, 5) is 12.9. The predicted octanol–water partition coefficient (Wildman–Crippen LogP) is 6.98. The normalized spacial score (nSPS) is 21.3. The van der Waals surface area contributed by atoms with Crippen LogP contribution in [0.3, 0.4) is 0 Å². The van der Waals surface area contributed by atoms with Gasteiger partial charge in [-0.15, -0.1) is 0 Å². The summed E-state index contributed by atoms with van der Waals surface area (Å²) in [6.07, 6.45) is -1.59. The van der Waals surface area contributed by atoms with Gasteiger partial charge in [0.15, 0.2) is 5.78 Å². The first-order valence-corrected chi connectivity index (χ1v) is 10.2. The van der Waals surface area contributed by atoms with Crippen molar-refractivity contribution in [3.05, 3.63) is 63.9 Å². The van der Waals surface area contributed by atoms with Crippen molar-refractivity contribution in [1.29, 1.82) is 0 Å². The van der Waals surface area contributed by atoms with Crippen molar-refractivity contribution >= 4 is 23.0 Å². The third kappa shape index (κ3) is 3.69. The highest BCUT2D eigenvalue weighted by atomic mass is 35.5. The van der Waals surface area contributed by atoms with Crippen LogP contribution >= 0.6 is 11.6 Å². The first kappa shape index (κ1) is 20.8. The van der Waals surface area contributed by atoms with Crippen LogP contribution in [0.2, 0.25) is 5.02 Å². The van der Waals surface area contributed by atoms with Crippen LogP contribution in [0.1, 0.15) is 42.9 Å². The minimum Gasteiger partial charge on any atom is -0.511 e. The van der Waals surface area contributed by atoms with Gasteiger partial charge in [-0.05, 0) is 67.1 Å². The monoisotopic (exact) mass is 436 g/mol. The van der Waals surface area contributed by atoms with Crippen LogP contribution in [-0.2, 0) is 17.4 Å². The lowest BCUT2D eigenvalue weighted by atomic mass is 9.81. The number of aryl methyl sites for hydroxylation is 1. The van der Waals surface area contributed by atoms with E-state index in [-0.39, 0.29) is 34.2 Å². The quantitative estimate of drug-likeness (QED) is 0.562. The van der Waals surface area contributed by atoms with Crippen LogP contribution in [0.5, 0.6) is 11.5 Å². The number of allylic oxidation sites excluding steroid dienone is 2. The largest absolute Gasteiger partial charge is 0.511 e. The van der Waals surface area contributed by atoms with Gasteiger partial charge in [0.25, 0.3) is 0 Å². The van der Waals surface area contributed by atoms with E-state index in [0.29, 0.717) is 29.7 Å². The molecule has 0 aliphatic heterocycles. The number of ketones is 1. The van der Waals surface area contributed by atoms with Gasteiger partial charge in [0.05, 0.1) is 16.2 Å². The molecule has 1 N–H and O–H groups in total. The lowest BCUT2D eigenvalue weighted by Gasteiger charge is -2.23. The molecule has 30 heavy (non-hydrogen) atoms. The first-order valence-electron chi connectivity index (χ1n) is 9.84. The molecule has 0 unspecified atom stereocenters. The molecular weight excluding hydrogens is 417 g/mol. The summed E-state index contributed by atoms with van der Waals surface area (Å²) >= 11 is 6.00. The maximum Gasteiger partial charge on any atom is 0.416 e. The minimum atomic E-state index is -4.50. The number of rotatable bonds is 4. The van der Waals surface area contributed by atoms with Gasteiger partial charge in [0.1, 0.15) is 17.3 Å². The minimum absolute atomic E-state index is 0.00124. The molecule has 0 saturated heterocycles. The zero-order chi connectivity index (χ0) is 21.6. The molecule has 2 aliphatic rings. The highest BCUT2D eigenvalue weighted by Crippen LogP contribution is 2.46. The highest BCUT2D eigenvalue weighted by Gasteiger charge is 2.41. The number of Topliss-reactive ketones (excluding diaryl/α,β-unsaturated/α-hetero) is 1. The van der Waals surface area contributed by atoms with Crippen LogP contribution in [0, 0.1) is 11.8 Å². The average molecular weight is 437 g/mol. The number of benzene rings is 2. The molecule has 2 atom stereocenters. The van der Waals surface area contributed by atoms with E-state index in [4.69, 9.17) is 16.3 Å². The van der Waals surface area contributed by atoms with Crippen molar-refractivity contribution in [1.82, 2.24) is 0 Å². The number of hydrogen-bond acceptors (Lipinski definition) is 3. The van der Waals surface area contributed by atoms with E-state index in [9.17, 15) is 23.1 Å². The van der Waals surface area contributed by atoms with Gasteiger partial charge in [0, 0.05) is 11.8 Å². The fourth-order valence-electron chi connectivity index (χ4n) is 4.32. The molecule has 3 nitrogen and oxygen atoms in total. The summed E-state index contributed by atoms with van der Waals surface area (Å²) in [7, 11) is 0. The third-order valence-electron chi connectivity index (χ3n) is 5.91. The first-order chi connectivity index (χ1) is 14.2. The Morgan fingerprint density at radius 2 is 1.87 bits per heavy atom. The Hall–Kier alpha value is -2.47. The highest BCUT2D eigenvalue weighted by molar-refractivity contribution is 6.32. The topological polar surface area (TPSA) is 46.5 Å². The number of carbonyl (C=O) groups is 1. The second-order valence-electron chi connectivity index (χ2n) is 7.75. The molecule has 0 heterocycles. The van der Waals surface area contributed by atoms with Gasteiger partial charge in [0.2, 0.25) is 0 Å². The number of fused-ring (bicyclic) bond motifs is 2. The van der Waals surface area contributed by atoms with E-state index >= 15 is 0 Å². The Labute approximate surface area is 177 Å². The number of alkyl halides is 3. The smallest absolute Gasteiger partial charge is 0.416 e. The third-order valence-corrected chi connectivity index (χ3v) is 6.21. The molecular formula is C23H20ClF3O3. The van der Waals surface area contributed by atoms with Crippen LogP contribution in [0.25, 0.3) is 5.57 Å². The Morgan fingerprint density at radius 3 is 2.53 bits per heavy atom. The van der Waals surface area contributed by atoms with E-state index in [2.05, 4.69) is 0 Å². The lowest BCUT2D eigenvalue weighted by Crippen LogP contribution is -2.21. The summed E-state index contributed by atoms with van der Waals surface area (Å²) < 4.78 is 44.3. The lowest BCUT2D eigenvalue weighted by molar-refractivity contribution is -0.137. The van der Waals surface area contributed by atoms with Gasteiger partial charge < -0.3 is 9.84 Å². The van der Waals surface area contributed by atoms with Crippen molar-refractivity contribution in [3.63, 3.8) is 0 Å². The molecule has 0 radical (unpaired) electrons. The SMILES string of the molecule is CCc1ccc(Oc2ccc(C(F)(F)F)cc2Cl)cc1C1=C(O)[C@@H]2CC[C@H](C2)C1=O. The van der Waals surface area contributed by atoms with Crippen molar-refractivity contribution in [2.45, 2.75) is 38.8 Å². The molecule has 2 aromatic carbocycles. The number of ether oxygens (including phenoxy) is 1. The molecule has 158 valence electrons. The van der Waals surface area contributed by atoms with Crippen molar-refractivity contribution in [2.75, 3.05) is 0 Å². The summed E-state index contributed by atoms with van der Waals surface area (Å²) in [5, 5.41) is 10.6. The van der Waals surface area contributed by atoms with E-state index in [1.54, 1.807) is 18.2 Å². The molecule has 7 heteroatoms. The Balaban J connectivity index is 1.71. The fraction of sp³-hybridized carbons (Fsp3) is 0.348. The van der Waals surface area contributed by atoms with Crippen molar-refractivity contribution < 1.29 is 27.8 Å². The van der Waals surface area contributed by atoms with Crippen LogP contribution in [0.4, 0.5) is 13.2 Å². The predicted molar refractivity (Wildman–Crippen MR) is 108 cm³/mol. The summed E-state index contributed by atoms with van der Waals surface area (Å²) in [6, 6.07) is 8.01. The van der Waals surface area contributed by atoms with Gasteiger partial charge in [-0.2, -0.15) is 13.2 Å². The van der Waals surface area contributed by atoms with Gasteiger partial charge in [-0.3, -0.25) is 4.79 Å². The van der Waals surface area contributed by atoms with Crippen LogP contribution < -0.4 is 4.74 Å². The molecule has 2 bridgehead atoms. The molecule has 4 rings (SSSR count). The molecule has 0 aromatic heterocycles. The number of hydrogen-bond donors (Lipinski definition) is 1. The van der Waals surface area contributed by atoms with Crippen molar-refractivity contribution in [3.8, 4) is 11.5 Å². The molecule has 2 aliphatic carbocycles. The molecule has 2 aromatic rings. The Kier molecular flexibility index (Phi) is 5.30. The second kappa shape index (κ2) is 7.65. The summed E-state index contributed by atoms with van der Waals surface area (Å²) in [5.74, 6) is 0.415. The second-order valence-corrected chi connectivity index (χ2v) is 8.16.